The minimum Gasteiger partial charge on any atom is -0.336 e. The largest absolute Gasteiger partial charge is 0.336 e. The Bertz CT molecular complexity index is 1220. The molecule has 2 aliphatic heterocycles. The third-order valence-electron chi connectivity index (χ3n) is 6.66. The molecule has 3 aromatic rings. The number of benzene rings is 1. The van der Waals surface area contributed by atoms with E-state index >= 15 is 0 Å². The van der Waals surface area contributed by atoms with Crippen LogP contribution in [0.1, 0.15) is 61.2 Å². The summed E-state index contributed by atoms with van der Waals surface area (Å²) in [6, 6.07) is 8.88. The zero-order valence-corrected chi connectivity index (χ0v) is 18.3. The highest BCUT2D eigenvalue weighted by Crippen LogP contribution is 2.33. The van der Waals surface area contributed by atoms with Crippen molar-refractivity contribution < 1.29 is 9.18 Å². The molecule has 0 aliphatic carbocycles. The summed E-state index contributed by atoms with van der Waals surface area (Å²) in [7, 11) is 0. The van der Waals surface area contributed by atoms with Crippen molar-refractivity contribution in [1.82, 2.24) is 24.4 Å². The summed E-state index contributed by atoms with van der Waals surface area (Å²) in [6.07, 6.45) is 3.81. The monoisotopic (exact) mass is 437 g/mol. The van der Waals surface area contributed by atoms with Gasteiger partial charge in [0.15, 0.2) is 5.65 Å². The molecule has 2 aliphatic rings. The number of hydrogen-bond donors (Lipinski definition) is 1. The van der Waals surface area contributed by atoms with Crippen molar-refractivity contribution >= 4 is 11.6 Å². The van der Waals surface area contributed by atoms with Crippen molar-refractivity contribution in [2.75, 3.05) is 13.1 Å². The van der Waals surface area contributed by atoms with E-state index in [2.05, 4.69) is 10.00 Å². The normalized spacial score (nSPS) is 18.9. The molecule has 0 radical (unpaired) electrons. The molecule has 1 atom stereocenters. The Balaban J connectivity index is 1.44. The lowest BCUT2D eigenvalue weighted by Gasteiger charge is -2.27. The van der Waals surface area contributed by atoms with Crippen LogP contribution in [0.3, 0.4) is 0 Å². The van der Waals surface area contributed by atoms with Gasteiger partial charge in [0.1, 0.15) is 5.82 Å². The van der Waals surface area contributed by atoms with Crippen LogP contribution in [-0.4, -0.2) is 43.4 Å². The third kappa shape index (κ3) is 3.72. The first-order chi connectivity index (χ1) is 15.5. The highest BCUT2D eigenvalue weighted by Gasteiger charge is 2.30. The molecule has 1 fully saturated rings. The first-order valence-electron chi connectivity index (χ1n) is 11.4. The van der Waals surface area contributed by atoms with Crippen molar-refractivity contribution in [2.45, 2.75) is 58.2 Å². The van der Waals surface area contributed by atoms with Crippen molar-refractivity contribution in [3.05, 3.63) is 69.0 Å². The van der Waals surface area contributed by atoms with Gasteiger partial charge in [-0.05, 0) is 38.3 Å². The summed E-state index contributed by atoms with van der Waals surface area (Å²) in [4.78, 5) is 34.3. The van der Waals surface area contributed by atoms with Gasteiger partial charge in [-0.3, -0.25) is 19.6 Å². The van der Waals surface area contributed by atoms with E-state index < -0.39 is 0 Å². The van der Waals surface area contributed by atoms with Gasteiger partial charge in [-0.25, -0.2) is 13.9 Å². The first kappa shape index (κ1) is 20.9. The molecule has 0 spiro atoms. The van der Waals surface area contributed by atoms with Gasteiger partial charge in [0, 0.05) is 36.7 Å². The van der Waals surface area contributed by atoms with Crippen LogP contribution >= 0.6 is 0 Å². The van der Waals surface area contributed by atoms with Crippen molar-refractivity contribution in [1.29, 1.82) is 0 Å². The molecular weight excluding hydrogens is 409 g/mol. The number of likely N-dealkylation sites (tertiary alicyclic amines) is 1. The van der Waals surface area contributed by atoms with E-state index in [0.29, 0.717) is 54.9 Å². The number of amides is 1. The molecule has 4 heterocycles. The van der Waals surface area contributed by atoms with Gasteiger partial charge in [0.25, 0.3) is 5.56 Å². The highest BCUT2D eigenvalue weighted by atomic mass is 19.1. The zero-order valence-electron chi connectivity index (χ0n) is 18.3. The van der Waals surface area contributed by atoms with E-state index in [1.807, 2.05) is 25.1 Å². The molecule has 0 saturated carbocycles. The van der Waals surface area contributed by atoms with E-state index in [-0.39, 0.29) is 23.3 Å². The van der Waals surface area contributed by atoms with Gasteiger partial charge in [-0.1, -0.05) is 25.1 Å². The smallest absolute Gasteiger partial charge is 0.276 e. The number of nitrogens with zero attached hydrogens (tertiary/aromatic N) is 4. The SMILES string of the molecule is CCCC(=O)N1CCc2c(nc3cc([C@H]4CCCN4Cc4ccccc4F)[nH]n3c2=O)C1. The van der Waals surface area contributed by atoms with E-state index in [9.17, 15) is 14.0 Å². The summed E-state index contributed by atoms with van der Waals surface area (Å²) in [5, 5.41) is 3.27. The molecule has 32 heavy (non-hydrogen) atoms. The Morgan fingerprint density at radius 1 is 1.28 bits per heavy atom. The van der Waals surface area contributed by atoms with Crippen LogP contribution in [0.25, 0.3) is 5.65 Å². The number of halogens is 1. The highest BCUT2D eigenvalue weighted by molar-refractivity contribution is 5.76. The maximum Gasteiger partial charge on any atom is 0.276 e. The number of H-pyrrole nitrogens is 1. The van der Waals surface area contributed by atoms with Gasteiger partial charge < -0.3 is 4.90 Å². The molecule has 5 rings (SSSR count). The Hall–Kier alpha value is -3.00. The molecule has 1 aromatic carbocycles. The maximum atomic E-state index is 14.2. The maximum absolute atomic E-state index is 14.2. The molecule has 1 N–H and O–H groups in total. The molecular formula is C24H28FN5O2. The van der Waals surface area contributed by atoms with Gasteiger partial charge in [-0.2, -0.15) is 0 Å². The van der Waals surface area contributed by atoms with Crippen LogP contribution in [0.4, 0.5) is 4.39 Å². The number of fused-ring (bicyclic) bond motifs is 2. The quantitative estimate of drug-likeness (QED) is 0.665. The minimum absolute atomic E-state index is 0.0790. The predicted molar refractivity (Wildman–Crippen MR) is 119 cm³/mol. The van der Waals surface area contributed by atoms with Crippen LogP contribution in [0.15, 0.2) is 35.1 Å². The van der Waals surface area contributed by atoms with Crippen molar-refractivity contribution in [3.63, 3.8) is 0 Å². The third-order valence-corrected chi connectivity index (χ3v) is 6.66. The summed E-state index contributed by atoms with van der Waals surface area (Å²) >= 11 is 0. The second kappa shape index (κ2) is 8.50. The predicted octanol–water partition coefficient (Wildman–Crippen LogP) is 3.18. The van der Waals surface area contributed by atoms with Crippen LogP contribution in [0.2, 0.25) is 0 Å². The average molecular weight is 438 g/mol. The topological polar surface area (TPSA) is 73.7 Å². The summed E-state index contributed by atoms with van der Waals surface area (Å²) in [5.74, 6) is -0.0767. The molecule has 0 bridgehead atoms. The van der Waals surface area contributed by atoms with Crippen LogP contribution < -0.4 is 5.56 Å². The van der Waals surface area contributed by atoms with E-state index in [1.165, 1.54) is 10.6 Å². The Kier molecular flexibility index (Phi) is 5.55. The van der Waals surface area contributed by atoms with E-state index in [1.54, 1.807) is 11.0 Å². The molecule has 1 amide bonds. The molecule has 0 unspecified atom stereocenters. The number of aromatic nitrogens is 3. The summed E-state index contributed by atoms with van der Waals surface area (Å²) in [6.45, 7) is 4.34. The van der Waals surface area contributed by atoms with Gasteiger partial charge >= 0.3 is 0 Å². The zero-order chi connectivity index (χ0) is 22.2. The minimum atomic E-state index is -0.192. The van der Waals surface area contributed by atoms with Gasteiger partial charge in [0.2, 0.25) is 5.91 Å². The molecule has 1 saturated heterocycles. The second-order valence-corrected chi connectivity index (χ2v) is 8.78. The van der Waals surface area contributed by atoms with E-state index in [0.717, 1.165) is 31.5 Å². The first-order valence-corrected chi connectivity index (χ1v) is 11.4. The fraction of sp³-hybridized carbons (Fsp3) is 0.458. The summed E-state index contributed by atoms with van der Waals surface area (Å²) < 4.78 is 15.7. The Labute approximate surface area is 185 Å². The Morgan fingerprint density at radius 3 is 2.94 bits per heavy atom. The molecule has 2 aromatic heterocycles. The van der Waals surface area contributed by atoms with E-state index in [4.69, 9.17) is 4.98 Å². The Morgan fingerprint density at radius 2 is 2.12 bits per heavy atom. The van der Waals surface area contributed by atoms with Crippen molar-refractivity contribution in [2.24, 2.45) is 0 Å². The fourth-order valence-electron chi connectivity index (χ4n) is 4.98. The number of rotatable bonds is 5. The van der Waals surface area contributed by atoms with Crippen LogP contribution in [0, 0.1) is 5.82 Å². The van der Waals surface area contributed by atoms with Gasteiger partial charge in [0.05, 0.1) is 24.0 Å². The second-order valence-electron chi connectivity index (χ2n) is 8.78. The van der Waals surface area contributed by atoms with Crippen LogP contribution in [-0.2, 0) is 24.3 Å². The number of carbonyl (C=O) groups excluding carboxylic acids is 1. The lowest BCUT2D eigenvalue weighted by Crippen LogP contribution is -2.39. The van der Waals surface area contributed by atoms with Gasteiger partial charge in [-0.15, -0.1) is 0 Å². The summed E-state index contributed by atoms with van der Waals surface area (Å²) in [5.41, 5.74) is 3.48. The number of carbonyl (C=O) groups is 1. The number of aromatic amines is 1. The van der Waals surface area contributed by atoms with Crippen LogP contribution in [0.5, 0.6) is 0 Å². The number of hydrogen-bond acceptors (Lipinski definition) is 4. The fourth-order valence-corrected chi connectivity index (χ4v) is 4.98. The molecule has 8 heteroatoms. The lowest BCUT2D eigenvalue weighted by molar-refractivity contribution is -0.132. The molecule has 7 nitrogen and oxygen atoms in total. The average Bonchev–Trinajstić information content (AvgIpc) is 3.42. The van der Waals surface area contributed by atoms with Crippen molar-refractivity contribution in [3.8, 4) is 0 Å². The number of nitrogens with one attached hydrogen (secondary N) is 1. The standard InChI is InChI=1S/C24H28FN5O2/c1-2-6-23(31)29-12-10-17-20(15-29)26-22-13-19(27-30(22)24(17)32)21-9-5-11-28(21)14-16-7-3-4-8-18(16)25/h3-4,7-8,13,21,27H,2,5-6,9-12,14-15H2,1H3/t21-/m1/s1. The lowest BCUT2D eigenvalue weighted by atomic mass is 10.1. The molecule has 168 valence electrons.